The van der Waals surface area contributed by atoms with Crippen LogP contribution in [0.1, 0.15) is 20.3 Å². The summed E-state index contributed by atoms with van der Waals surface area (Å²) in [6, 6.07) is 5.96. The smallest absolute Gasteiger partial charge is 0.225 e. The monoisotopic (exact) mass is 284 g/mol. The first-order valence-corrected chi connectivity index (χ1v) is 7.95. The second-order valence-electron chi connectivity index (χ2n) is 4.96. The quantitative estimate of drug-likeness (QED) is 0.855. The topological polar surface area (TPSA) is 89.3 Å². The highest BCUT2D eigenvalue weighted by Gasteiger charge is 2.14. The molecule has 6 heteroatoms. The summed E-state index contributed by atoms with van der Waals surface area (Å²) in [5.41, 5.74) is 6.28. The highest BCUT2D eigenvalue weighted by atomic mass is 32.2. The van der Waals surface area contributed by atoms with Gasteiger partial charge in [0.1, 0.15) is 0 Å². The number of hydrogen-bond acceptors (Lipinski definition) is 4. The third-order valence-corrected chi connectivity index (χ3v) is 3.93. The standard InChI is InChI=1S/C13H20N2O3S/c1-9(2)12(14)8-13(16)15-10-5-4-6-11(7-10)19(3,17)18/h4-7,9,12H,8,14H2,1-3H3,(H,15,16). The average molecular weight is 284 g/mol. The summed E-state index contributed by atoms with van der Waals surface area (Å²) in [6.45, 7) is 3.89. The minimum Gasteiger partial charge on any atom is -0.327 e. The lowest BCUT2D eigenvalue weighted by Gasteiger charge is -2.15. The fourth-order valence-corrected chi connectivity index (χ4v) is 2.13. The summed E-state index contributed by atoms with van der Waals surface area (Å²) in [7, 11) is -3.27. The highest BCUT2D eigenvalue weighted by Crippen LogP contribution is 2.16. The highest BCUT2D eigenvalue weighted by molar-refractivity contribution is 7.90. The molecule has 0 aromatic heterocycles. The van der Waals surface area contributed by atoms with Crippen LogP contribution in [-0.2, 0) is 14.6 Å². The van der Waals surface area contributed by atoms with Crippen LogP contribution in [0.5, 0.6) is 0 Å². The zero-order valence-electron chi connectivity index (χ0n) is 11.4. The zero-order chi connectivity index (χ0) is 14.6. The first-order valence-electron chi connectivity index (χ1n) is 6.05. The Hall–Kier alpha value is -1.40. The van der Waals surface area contributed by atoms with E-state index in [9.17, 15) is 13.2 Å². The van der Waals surface area contributed by atoms with E-state index >= 15 is 0 Å². The summed E-state index contributed by atoms with van der Waals surface area (Å²) in [4.78, 5) is 11.9. The Bertz CT molecular complexity index is 553. The maximum absolute atomic E-state index is 11.7. The van der Waals surface area contributed by atoms with E-state index in [-0.39, 0.29) is 29.2 Å². The van der Waals surface area contributed by atoms with E-state index in [1.165, 1.54) is 12.1 Å². The molecule has 1 rings (SSSR count). The van der Waals surface area contributed by atoms with E-state index in [0.29, 0.717) is 5.69 Å². The van der Waals surface area contributed by atoms with Crippen LogP contribution >= 0.6 is 0 Å². The molecule has 0 heterocycles. The molecule has 0 aliphatic rings. The van der Waals surface area contributed by atoms with E-state index in [4.69, 9.17) is 5.73 Å². The maximum atomic E-state index is 11.7. The molecule has 1 aromatic carbocycles. The fraction of sp³-hybridized carbons (Fsp3) is 0.462. The Morgan fingerprint density at radius 3 is 2.53 bits per heavy atom. The van der Waals surface area contributed by atoms with Gasteiger partial charge in [0.2, 0.25) is 5.91 Å². The van der Waals surface area contributed by atoms with Crippen LogP contribution in [0.4, 0.5) is 5.69 Å². The lowest BCUT2D eigenvalue weighted by Crippen LogP contribution is -2.31. The van der Waals surface area contributed by atoms with E-state index in [1.807, 2.05) is 13.8 Å². The number of carbonyl (C=O) groups is 1. The van der Waals surface area contributed by atoms with Crippen LogP contribution in [0.3, 0.4) is 0 Å². The first-order chi connectivity index (χ1) is 8.70. The molecule has 1 amide bonds. The summed E-state index contributed by atoms with van der Waals surface area (Å²) in [5.74, 6) is -0.0000417. The van der Waals surface area contributed by atoms with Gasteiger partial charge >= 0.3 is 0 Å². The second kappa shape index (κ2) is 6.16. The van der Waals surface area contributed by atoms with Gasteiger partial charge in [0.15, 0.2) is 9.84 Å². The second-order valence-corrected chi connectivity index (χ2v) is 6.98. The number of anilines is 1. The molecule has 1 atom stereocenters. The number of nitrogens with two attached hydrogens (primary N) is 1. The molecule has 0 bridgehead atoms. The number of benzene rings is 1. The van der Waals surface area contributed by atoms with Crippen LogP contribution in [-0.4, -0.2) is 26.6 Å². The predicted molar refractivity (Wildman–Crippen MR) is 75.6 cm³/mol. The fourth-order valence-electron chi connectivity index (χ4n) is 1.47. The molecule has 0 aliphatic carbocycles. The van der Waals surface area contributed by atoms with Crippen molar-refractivity contribution in [3.05, 3.63) is 24.3 Å². The summed E-state index contributed by atoms with van der Waals surface area (Å²) < 4.78 is 22.8. The van der Waals surface area contributed by atoms with Crippen molar-refractivity contribution in [3.63, 3.8) is 0 Å². The Labute approximate surface area is 114 Å². The molecule has 1 aromatic rings. The molecular weight excluding hydrogens is 264 g/mol. The number of sulfone groups is 1. The summed E-state index contributed by atoms with van der Waals surface area (Å²) >= 11 is 0. The number of rotatable bonds is 5. The number of amides is 1. The SMILES string of the molecule is CC(C)C(N)CC(=O)Nc1cccc(S(C)(=O)=O)c1. The van der Waals surface area contributed by atoms with Crippen LogP contribution < -0.4 is 11.1 Å². The van der Waals surface area contributed by atoms with Crippen molar-refractivity contribution in [2.75, 3.05) is 11.6 Å². The summed E-state index contributed by atoms with van der Waals surface area (Å²) in [5, 5.41) is 2.66. The van der Waals surface area contributed by atoms with Crippen molar-refractivity contribution >= 4 is 21.4 Å². The van der Waals surface area contributed by atoms with Gasteiger partial charge in [0.05, 0.1) is 4.90 Å². The maximum Gasteiger partial charge on any atom is 0.225 e. The van der Waals surface area contributed by atoms with E-state index in [1.54, 1.807) is 12.1 Å². The van der Waals surface area contributed by atoms with Gasteiger partial charge in [-0.2, -0.15) is 0 Å². The molecular formula is C13H20N2O3S. The molecule has 0 saturated heterocycles. The predicted octanol–water partition coefficient (Wildman–Crippen LogP) is 1.40. The minimum absolute atomic E-state index is 0.179. The Morgan fingerprint density at radius 2 is 2.00 bits per heavy atom. The molecule has 0 fully saturated rings. The van der Waals surface area contributed by atoms with Crippen LogP contribution in [0.25, 0.3) is 0 Å². The summed E-state index contributed by atoms with van der Waals surface area (Å²) in [6.07, 6.45) is 1.34. The van der Waals surface area contributed by atoms with Crippen molar-refractivity contribution < 1.29 is 13.2 Å². The van der Waals surface area contributed by atoms with E-state index in [2.05, 4.69) is 5.32 Å². The molecule has 106 valence electrons. The normalized spacial score (nSPS) is 13.3. The molecule has 3 N–H and O–H groups in total. The van der Waals surface area contributed by atoms with Crippen LogP contribution in [0.2, 0.25) is 0 Å². The van der Waals surface area contributed by atoms with Gasteiger partial charge < -0.3 is 11.1 Å². The van der Waals surface area contributed by atoms with Gasteiger partial charge in [-0.1, -0.05) is 19.9 Å². The molecule has 1 unspecified atom stereocenters. The molecule has 0 radical (unpaired) electrons. The minimum atomic E-state index is -3.27. The van der Waals surface area contributed by atoms with Gasteiger partial charge in [-0.25, -0.2) is 8.42 Å². The molecule has 0 saturated carbocycles. The van der Waals surface area contributed by atoms with Gasteiger partial charge in [-0.05, 0) is 24.1 Å². The Balaban J connectivity index is 2.76. The van der Waals surface area contributed by atoms with Crippen LogP contribution in [0.15, 0.2) is 29.2 Å². The third-order valence-electron chi connectivity index (χ3n) is 2.82. The van der Waals surface area contributed by atoms with Crippen molar-refractivity contribution in [2.45, 2.75) is 31.2 Å². The van der Waals surface area contributed by atoms with Gasteiger partial charge in [0.25, 0.3) is 0 Å². The van der Waals surface area contributed by atoms with Gasteiger partial charge in [-0.15, -0.1) is 0 Å². The number of carbonyl (C=O) groups excluding carboxylic acids is 1. The molecule has 19 heavy (non-hydrogen) atoms. The third kappa shape index (κ3) is 5.00. The Kier molecular flexibility index (Phi) is 5.08. The van der Waals surface area contributed by atoms with Crippen molar-refractivity contribution in [3.8, 4) is 0 Å². The van der Waals surface area contributed by atoms with E-state index < -0.39 is 9.84 Å². The van der Waals surface area contributed by atoms with Gasteiger partial charge in [0, 0.05) is 24.4 Å². The van der Waals surface area contributed by atoms with Crippen molar-refractivity contribution in [2.24, 2.45) is 11.7 Å². The van der Waals surface area contributed by atoms with E-state index in [0.717, 1.165) is 6.26 Å². The van der Waals surface area contributed by atoms with Crippen LogP contribution in [0, 0.1) is 5.92 Å². The number of hydrogen-bond donors (Lipinski definition) is 2. The number of nitrogens with one attached hydrogen (secondary N) is 1. The average Bonchev–Trinajstić information content (AvgIpc) is 2.27. The largest absolute Gasteiger partial charge is 0.327 e. The van der Waals surface area contributed by atoms with Gasteiger partial charge in [-0.3, -0.25) is 4.79 Å². The first kappa shape index (κ1) is 15.7. The lowest BCUT2D eigenvalue weighted by atomic mass is 10.0. The molecule has 5 nitrogen and oxygen atoms in total. The van der Waals surface area contributed by atoms with Crippen molar-refractivity contribution in [1.29, 1.82) is 0 Å². The molecule has 0 aliphatic heterocycles. The Morgan fingerprint density at radius 1 is 1.37 bits per heavy atom. The zero-order valence-corrected chi connectivity index (χ0v) is 12.2. The molecule has 0 spiro atoms. The van der Waals surface area contributed by atoms with Crippen molar-refractivity contribution in [1.82, 2.24) is 0 Å². The lowest BCUT2D eigenvalue weighted by molar-refractivity contribution is -0.116.